The van der Waals surface area contributed by atoms with Gasteiger partial charge < -0.3 is 0 Å². The largest absolute Gasteiger partial charge is 0.273 e. The van der Waals surface area contributed by atoms with E-state index in [-0.39, 0.29) is 11.8 Å². The van der Waals surface area contributed by atoms with Crippen molar-refractivity contribution in [2.75, 3.05) is 0 Å². The van der Waals surface area contributed by atoms with Gasteiger partial charge in [0, 0.05) is 10.9 Å². The van der Waals surface area contributed by atoms with E-state index >= 15 is 0 Å². The van der Waals surface area contributed by atoms with Crippen molar-refractivity contribution < 1.29 is 4.79 Å². The van der Waals surface area contributed by atoms with Crippen LogP contribution in [-0.2, 0) is 4.79 Å². The van der Waals surface area contributed by atoms with Gasteiger partial charge in [-0.2, -0.15) is 5.10 Å². The molecular formula is C11H13ClN2O. The Balaban J connectivity index is 2.51. The predicted molar refractivity (Wildman–Crippen MR) is 62.0 cm³/mol. The van der Waals surface area contributed by atoms with E-state index in [1.165, 1.54) is 0 Å². The average Bonchev–Trinajstić information content (AvgIpc) is 2.20. The highest BCUT2D eigenvalue weighted by molar-refractivity contribution is 6.30. The number of halogens is 1. The van der Waals surface area contributed by atoms with Crippen LogP contribution in [0.2, 0.25) is 5.02 Å². The van der Waals surface area contributed by atoms with Crippen LogP contribution in [-0.4, -0.2) is 12.1 Å². The Labute approximate surface area is 94.1 Å². The lowest BCUT2D eigenvalue weighted by molar-refractivity contribution is -0.123. The summed E-state index contributed by atoms with van der Waals surface area (Å²) in [6.45, 7) is 3.63. The lowest BCUT2D eigenvalue weighted by atomic mass is 10.2. The molecule has 0 saturated carbocycles. The molecule has 0 aromatic heterocycles. The van der Waals surface area contributed by atoms with Crippen LogP contribution in [0, 0.1) is 5.92 Å². The molecule has 0 aliphatic carbocycles. The van der Waals surface area contributed by atoms with Gasteiger partial charge in [0.05, 0.1) is 6.21 Å². The Morgan fingerprint density at radius 2 is 2.00 bits per heavy atom. The maximum Gasteiger partial charge on any atom is 0.242 e. The van der Waals surface area contributed by atoms with Gasteiger partial charge in [0.25, 0.3) is 0 Å². The Morgan fingerprint density at radius 1 is 1.40 bits per heavy atom. The number of amides is 1. The van der Waals surface area contributed by atoms with Crippen molar-refractivity contribution >= 4 is 23.7 Å². The molecule has 15 heavy (non-hydrogen) atoms. The van der Waals surface area contributed by atoms with Gasteiger partial charge in [0.2, 0.25) is 5.91 Å². The third-order valence-corrected chi connectivity index (χ3v) is 2.03. The number of hydrogen-bond acceptors (Lipinski definition) is 2. The summed E-state index contributed by atoms with van der Waals surface area (Å²) in [6, 6.07) is 7.20. The number of nitrogens with zero attached hydrogens (tertiary/aromatic N) is 1. The van der Waals surface area contributed by atoms with Crippen molar-refractivity contribution in [3.8, 4) is 0 Å². The molecule has 0 spiro atoms. The maximum atomic E-state index is 11.1. The molecule has 0 bridgehead atoms. The zero-order valence-electron chi connectivity index (χ0n) is 8.70. The number of nitrogens with one attached hydrogen (secondary N) is 1. The molecule has 0 aliphatic heterocycles. The summed E-state index contributed by atoms with van der Waals surface area (Å²) in [5.74, 6) is -0.160. The monoisotopic (exact) mass is 224 g/mol. The van der Waals surface area contributed by atoms with Crippen LogP contribution in [0.15, 0.2) is 29.4 Å². The highest BCUT2D eigenvalue weighted by atomic mass is 35.5. The fourth-order valence-electron chi connectivity index (χ4n) is 0.848. The first-order chi connectivity index (χ1) is 7.09. The third kappa shape index (κ3) is 4.13. The quantitative estimate of drug-likeness (QED) is 0.622. The minimum Gasteiger partial charge on any atom is -0.273 e. The van der Waals surface area contributed by atoms with Gasteiger partial charge in [-0.05, 0) is 17.7 Å². The number of hydrazone groups is 1. The second kappa shape index (κ2) is 5.51. The summed E-state index contributed by atoms with van der Waals surface area (Å²) in [7, 11) is 0. The summed E-state index contributed by atoms with van der Waals surface area (Å²) in [4.78, 5) is 11.1. The molecule has 0 unspecified atom stereocenters. The van der Waals surface area contributed by atoms with Gasteiger partial charge in [-0.25, -0.2) is 5.43 Å². The molecule has 1 rings (SSSR count). The summed E-state index contributed by atoms with van der Waals surface area (Å²) >= 11 is 5.72. The Kier molecular flexibility index (Phi) is 4.31. The molecule has 0 fully saturated rings. The predicted octanol–water partition coefficient (Wildman–Crippen LogP) is 2.45. The van der Waals surface area contributed by atoms with E-state index in [4.69, 9.17) is 11.6 Å². The topological polar surface area (TPSA) is 41.5 Å². The van der Waals surface area contributed by atoms with E-state index in [0.717, 1.165) is 5.56 Å². The fourth-order valence-corrected chi connectivity index (χ4v) is 0.974. The second-order valence-electron chi connectivity index (χ2n) is 3.44. The highest BCUT2D eigenvalue weighted by Gasteiger charge is 2.03. The van der Waals surface area contributed by atoms with Gasteiger partial charge in [0.1, 0.15) is 0 Å². The van der Waals surface area contributed by atoms with Crippen molar-refractivity contribution in [2.24, 2.45) is 11.0 Å². The first kappa shape index (κ1) is 11.7. The number of hydrogen-bond donors (Lipinski definition) is 1. The van der Waals surface area contributed by atoms with Gasteiger partial charge in [-0.3, -0.25) is 4.79 Å². The van der Waals surface area contributed by atoms with Crippen LogP contribution in [0.1, 0.15) is 19.4 Å². The molecule has 1 amide bonds. The molecule has 0 atom stereocenters. The molecule has 1 aromatic carbocycles. The molecule has 0 heterocycles. The zero-order chi connectivity index (χ0) is 11.3. The van der Waals surface area contributed by atoms with E-state index < -0.39 is 0 Å². The van der Waals surface area contributed by atoms with Crippen LogP contribution >= 0.6 is 11.6 Å². The van der Waals surface area contributed by atoms with Crippen LogP contribution in [0.5, 0.6) is 0 Å². The molecule has 1 N–H and O–H groups in total. The van der Waals surface area contributed by atoms with Gasteiger partial charge in [0.15, 0.2) is 0 Å². The van der Waals surface area contributed by atoms with Gasteiger partial charge in [-0.1, -0.05) is 37.6 Å². The highest BCUT2D eigenvalue weighted by Crippen LogP contribution is 2.07. The minimum absolute atomic E-state index is 0.0626. The molecule has 0 radical (unpaired) electrons. The number of rotatable bonds is 3. The van der Waals surface area contributed by atoms with Crippen LogP contribution in [0.25, 0.3) is 0 Å². The zero-order valence-corrected chi connectivity index (χ0v) is 9.45. The minimum atomic E-state index is -0.0970. The smallest absolute Gasteiger partial charge is 0.242 e. The summed E-state index contributed by atoms with van der Waals surface area (Å²) in [6.07, 6.45) is 1.58. The van der Waals surface area contributed by atoms with E-state index in [1.807, 2.05) is 26.0 Å². The fraction of sp³-hybridized carbons (Fsp3) is 0.273. The molecule has 0 saturated heterocycles. The number of carbonyl (C=O) groups excluding carboxylic acids is 1. The number of benzene rings is 1. The second-order valence-corrected chi connectivity index (χ2v) is 3.88. The van der Waals surface area contributed by atoms with Crippen LogP contribution in [0.3, 0.4) is 0 Å². The first-order valence-corrected chi connectivity index (χ1v) is 5.06. The van der Waals surface area contributed by atoms with Crippen molar-refractivity contribution in [1.29, 1.82) is 0 Å². The van der Waals surface area contributed by atoms with Crippen molar-refractivity contribution in [1.82, 2.24) is 5.43 Å². The van der Waals surface area contributed by atoms with E-state index in [9.17, 15) is 4.79 Å². The molecule has 0 aliphatic rings. The normalized spacial score (nSPS) is 10.9. The summed E-state index contributed by atoms with van der Waals surface area (Å²) < 4.78 is 0. The third-order valence-electron chi connectivity index (χ3n) is 1.78. The first-order valence-electron chi connectivity index (χ1n) is 4.68. The summed E-state index contributed by atoms with van der Waals surface area (Å²) in [5.41, 5.74) is 3.33. The Hall–Kier alpha value is -1.35. The molecule has 80 valence electrons. The van der Waals surface area contributed by atoms with Crippen molar-refractivity contribution in [3.05, 3.63) is 34.9 Å². The molecule has 3 nitrogen and oxygen atoms in total. The maximum absolute atomic E-state index is 11.1. The molecule has 4 heteroatoms. The van der Waals surface area contributed by atoms with Crippen molar-refractivity contribution in [2.45, 2.75) is 13.8 Å². The van der Waals surface area contributed by atoms with E-state index in [1.54, 1.807) is 18.3 Å². The van der Waals surface area contributed by atoms with Gasteiger partial charge >= 0.3 is 0 Å². The molecule has 1 aromatic rings. The van der Waals surface area contributed by atoms with E-state index in [2.05, 4.69) is 10.5 Å². The van der Waals surface area contributed by atoms with E-state index in [0.29, 0.717) is 5.02 Å². The molecular weight excluding hydrogens is 212 g/mol. The Morgan fingerprint density at radius 3 is 2.53 bits per heavy atom. The standard InChI is InChI=1S/C11H13ClN2O/c1-8(2)11(15)14-13-7-9-3-5-10(12)6-4-9/h3-8H,1-2H3,(H,14,15)/b13-7+. The average molecular weight is 225 g/mol. The Bertz CT molecular complexity index is 357. The lowest BCUT2D eigenvalue weighted by Gasteiger charge is -2.01. The van der Waals surface area contributed by atoms with Crippen molar-refractivity contribution in [3.63, 3.8) is 0 Å². The lowest BCUT2D eigenvalue weighted by Crippen LogP contribution is -2.22. The SMILES string of the molecule is CC(C)C(=O)N/N=C/c1ccc(Cl)cc1. The van der Waals surface area contributed by atoms with Crippen LogP contribution in [0.4, 0.5) is 0 Å². The van der Waals surface area contributed by atoms with Crippen LogP contribution < -0.4 is 5.43 Å². The summed E-state index contributed by atoms with van der Waals surface area (Å²) in [5, 5.41) is 4.50. The van der Waals surface area contributed by atoms with Gasteiger partial charge in [-0.15, -0.1) is 0 Å². The number of carbonyl (C=O) groups is 1.